The molecule has 1 aromatic heterocycles. The molecule has 0 saturated heterocycles. The van der Waals surface area contributed by atoms with Crippen molar-refractivity contribution in [3.63, 3.8) is 0 Å². The number of hydrogen-bond donors (Lipinski definition) is 1. The number of benzene rings is 1. The molecule has 16 heavy (non-hydrogen) atoms. The lowest BCUT2D eigenvalue weighted by atomic mass is 10.2. The minimum Gasteiger partial charge on any atom is -0.326 e. The summed E-state index contributed by atoms with van der Waals surface area (Å²) < 4.78 is 2.96. The smallest absolute Gasteiger partial charge is 0.0790 e. The fourth-order valence-electron chi connectivity index (χ4n) is 1.83. The standard InChI is InChI=1S/C12H14BrN3/c1-8-10(7-14)9(2)16(15-8)12-6-4-3-5-11(12)13/h3-6H,7,14H2,1-2H3. The summed E-state index contributed by atoms with van der Waals surface area (Å²) in [5, 5.41) is 4.52. The molecule has 0 spiro atoms. The molecular formula is C12H14BrN3. The molecule has 2 N–H and O–H groups in total. The Morgan fingerprint density at radius 2 is 2.00 bits per heavy atom. The number of nitrogens with zero attached hydrogens (tertiary/aromatic N) is 2. The van der Waals surface area contributed by atoms with Crippen molar-refractivity contribution in [3.8, 4) is 5.69 Å². The molecule has 84 valence electrons. The largest absolute Gasteiger partial charge is 0.326 e. The van der Waals surface area contributed by atoms with Gasteiger partial charge in [-0.25, -0.2) is 4.68 Å². The highest BCUT2D eigenvalue weighted by molar-refractivity contribution is 9.10. The fraction of sp³-hybridized carbons (Fsp3) is 0.250. The zero-order chi connectivity index (χ0) is 11.7. The third kappa shape index (κ3) is 1.79. The first-order valence-electron chi connectivity index (χ1n) is 5.15. The lowest BCUT2D eigenvalue weighted by molar-refractivity contribution is 0.829. The number of nitrogens with two attached hydrogens (primary N) is 1. The van der Waals surface area contributed by atoms with Crippen molar-refractivity contribution in [1.82, 2.24) is 9.78 Å². The Labute approximate surface area is 103 Å². The first kappa shape index (κ1) is 11.4. The van der Waals surface area contributed by atoms with Crippen LogP contribution in [0, 0.1) is 13.8 Å². The van der Waals surface area contributed by atoms with Crippen LogP contribution in [0.2, 0.25) is 0 Å². The van der Waals surface area contributed by atoms with Crippen LogP contribution < -0.4 is 5.73 Å². The number of para-hydroxylation sites is 1. The summed E-state index contributed by atoms with van der Waals surface area (Å²) in [5.74, 6) is 0. The van der Waals surface area contributed by atoms with E-state index in [1.165, 1.54) is 0 Å². The lowest BCUT2D eigenvalue weighted by Crippen LogP contribution is -2.02. The third-order valence-electron chi connectivity index (χ3n) is 2.73. The van der Waals surface area contributed by atoms with Crippen LogP contribution in [-0.4, -0.2) is 9.78 Å². The summed E-state index contributed by atoms with van der Waals surface area (Å²) in [4.78, 5) is 0. The van der Waals surface area contributed by atoms with Gasteiger partial charge in [0.25, 0.3) is 0 Å². The number of rotatable bonds is 2. The molecule has 4 heteroatoms. The van der Waals surface area contributed by atoms with E-state index in [1.807, 2.05) is 42.8 Å². The van der Waals surface area contributed by atoms with Crippen molar-refractivity contribution >= 4 is 15.9 Å². The highest BCUT2D eigenvalue weighted by Crippen LogP contribution is 2.23. The maximum absolute atomic E-state index is 5.72. The Morgan fingerprint density at radius 1 is 1.31 bits per heavy atom. The Balaban J connectivity index is 2.62. The first-order chi connectivity index (χ1) is 7.65. The van der Waals surface area contributed by atoms with Gasteiger partial charge in [-0.05, 0) is 41.9 Å². The number of halogens is 1. The third-order valence-corrected chi connectivity index (χ3v) is 3.40. The van der Waals surface area contributed by atoms with Crippen LogP contribution in [0.25, 0.3) is 5.69 Å². The van der Waals surface area contributed by atoms with E-state index in [9.17, 15) is 0 Å². The van der Waals surface area contributed by atoms with Crippen molar-refractivity contribution in [2.24, 2.45) is 5.73 Å². The Hall–Kier alpha value is -1.13. The molecule has 0 bridgehead atoms. The predicted octanol–water partition coefficient (Wildman–Crippen LogP) is 2.71. The van der Waals surface area contributed by atoms with Crippen molar-refractivity contribution in [3.05, 3.63) is 45.7 Å². The van der Waals surface area contributed by atoms with Crippen LogP contribution in [0.15, 0.2) is 28.7 Å². The fourth-order valence-corrected chi connectivity index (χ4v) is 2.28. The molecule has 0 aliphatic carbocycles. The van der Waals surface area contributed by atoms with Gasteiger partial charge in [0.2, 0.25) is 0 Å². The van der Waals surface area contributed by atoms with E-state index in [1.54, 1.807) is 0 Å². The Morgan fingerprint density at radius 3 is 2.56 bits per heavy atom. The molecule has 0 aliphatic heterocycles. The van der Waals surface area contributed by atoms with Crippen molar-refractivity contribution < 1.29 is 0 Å². The average molecular weight is 280 g/mol. The van der Waals surface area contributed by atoms with Gasteiger partial charge in [-0.15, -0.1) is 0 Å². The number of aromatic nitrogens is 2. The number of hydrogen-bond acceptors (Lipinski definition) is 2. The van der Waals surface area contributed by atoms with E-state index in [-0.39, 0.29) is 0 Å². The summed E-state index contributed by atoms with van der Waals surface area (Å²) in [6.45, 7) is 4.56. The summed E-state index contributed by atoms with van der Waals surface area (Å²) in [5.41, 5.74) is 9.98. The van der Waals surface area contributed by atoms with Gasteiger partial charge in [-0.1, -0.05) is 12.1 Å². The van der Waals surface area contributed by atoms with Gasteiger partial charge in [-0.2, -0.15) is 5.10 Å². The molecule has 0 atom stereocenters. The molecule has 0 saturated carbocycles. The van der Waals surface area contributed by atoms with Crippen LogP contribution in [0.5, 0.6) is 0 Å². The van der Waals surface area contributed by atoms with E-state index in [0.717, 1.165) is 27.1 Å². The van der Waals surface area contributed by atoms with Gasteiger partial charge >= 0.3 is 0 Å². The highest BCUT2D eigenvalue weighted by atomic mass is 79.9. The zero-order valence-electron chi connectivity index (χ0n) is 9.37. The molecule has 1 aromatic carbocycles. The topological polar surface area (TPSA) is 43.8 Å². The van der Waals surface area contributed by atoms with Crippen LogP contribution >= 0.6 is 15.9 Å². The van der Waals surface area contributed by atoms with Gasteiger partial charge in [0.1, 0.15) is 0 Å². The van der Waals surface area contributed by atoms with E-state index in [4.69, 9.17) is 5.73 Å². The minimum absolute atomic E-state index is 0.530. The molecule has 0 radical (unpaired) electrons. The van der Waals surface area contributed by atoms with Crippen LogP contribution in [0.1, 0.15) is 17.0 Å². The quantitative estimate of drug-likeness (QED) is 0.919. The summed E-state index contributed by atoms with van der Waals surface area (Å²) in [7, 11) is 0. The lowest BCUT2D eigenvalue weighted by Gasteiger charge is -2.06. The maximum Gasteiger partial charge on any atom is 0.0790 e. The summed E-state index contributed by atoms with van der Waals surface area (Å²) in [6.07, 6.45) is 0. The molecule has 0 fully saturated rings. The van der Waals surface area contributed by atoms with Gasteiger partial charge in [0, 0.05) is 22.3 Å². The zero-order valence-corrected chi connectivity index (χ0v) is 11.0. The van der Waals surface area contributed by atoms with Gasteiger partial charge in [0.05, 0.1) is 11.4 Å². The number of aryl methyl sites for hydroxylation is 1. The normalized spacial score (nSPS) is 10.8. The van der Waals surface area contributed by atoms with Crippen molar-refractivity contribution in [2.45, 2.75) is 20.4 Å². The summed E-state index contributed by atoms with van der Waals surface area (Å²) in [6, 6.07) is 8.03. The van der Waals surface area contributed by atoms with E-state index in [0.29, 0.717) is 6.54 Å². The molecule has 0 aliphatic rings. The van der Waals surface area contributed by atoms with Gasteiger partial charge < -0.3 is 5.73 Å². The predicted molar refractivity (Wildman–Crippen MR) is 68.6 cm³/mol. The molecule has 2 rings (SSSR count). The summed E-state index contributed by atoms with van der Waals surface area (Å²) >= 11 is 3.53. The SMILES string of the molecule is Cc1nn(-c2ccccc2Br)c(C)c1CN. The molecule has 0 unspecified atom stereocenters. The van der Waals surface area contributed by atoms with E-state index >= 15 is 0 Å². The Bertz CT molecular complexity index is 517. The first-order valence-corrected chi connectivity index (χ1v) is 5.94. The second kappa shape index (κ2) is 4.39. The van der Waals surface area contributed by atoms with Crippen LogP contribution in [0.3, 0.4) is 0 Å². The van der Waals surface area contributed by atoms with Gasteiger partial charge in [0.15, 0.2) is 0 Å². The second-order valence-electron chi connectivity index (χ2n) is 3.72. The molecule has 2 aromatic rings. The van der Waals surface area contributed by atoms with Crippen LogP contribution in [-0.2, 0) is 6.54 Å². The van der Waals surface area contributed by atoms with Gasteiger partial charge in [-0.3, -0.25) is 0 Å². The van der Waals surface area contributed by atoms with E-state index < -0.39 is 0 Å². The minimum atomic E-state index is 0.530. The van der Waals surface area contributed by atoms with Crippen LogP contribution in [0.4, 0.5) is 0 Å². The highest BCUT2D eigenvalue weighted by Gasteiger charge is 2.12. The monoisotopic (exact) mass is 279 g/mol. The molecule has 0 amide bonds. The molecular weight excluding hydrogens is 266 g/mol. The maximum atomic E-state index is 5.72. The van der Waals surface area contributed by atoms with E-state index in [2.05, 4.69) is 21.0 Å². The average Bonchev–Trinajstić information content (AvgIpc) is 2.55. The van der Waals surface area contributed by atoms with Crippen molar-refractivity contribution in [1.29, 1.82) is 0 Å². The van der Waals surface area contributed by atoms with Crippen molar-refractivity contribution in [2.75, 3.05) is 0 Å². The molecule has 3 nitrogen and oxygen atoms in total. The Kier molecular flexibility index (Phi) is 3.12. The molecule has 1 heterocycles. The second-order valence-corrected chi connectivity index (χ2v) is 4.57.